The van der Waals surface area contributed by atoms with Crippen molar-refractivity contribution in [2.75, 3.05) is 24.5 Å². The number of benzene rings is 2. The fourth-order valence-electron chi connectivity index (χ4n) is 3.73. The largest absolute Gasteiger partial charge is 0.481 e. The van der Waals surface area contributed by atoms with Gasteiger partial charge in [0.1, 0.15) is 5.75 Å². The van der Waals surface area contributed by atoms with Crippen LogP contribution in [0.5, 0.6) is 5.75 Å². The van der Waals surface area contributed by atoms with Crippen LogP contribution in [0, 0.1) is 13.8 Å². The molecule has 0 fully saturated rings. The molecule has 0 aliphatic carbocycles. The molecule has 0 unspecified atom stereocenters. The first-order valence-corrected chi connectivity index (χ1v) is 9.88. The SMILES string of the molecule is Cc1cc(C)cc(O[C@H](C)C(=O)NCCCN2CCCc3ccccc32)c1. The van der Waals surface area contributed by atoms with E-state index in [4.69, 9.17) is 4.74 Å². The average Bonchev–Trinajstić information content (AvgIpc) is 2.64. The van der Waals surface area contributed by atoms with Crippen molar-refractivity contribution < 1.29 is 9.53 Å². The molecule has 144 valence electrons. The Kier molecular flexibility index (Phi) is 6.38. The minimum absolute atomic E-state index is 0.0618. The molecule has 2 aromatic rings. The van der Waals surface area contributed by atoms with Gasteiger partial charge in [0.25, 0.3) is 5.91 Å². The maximum Gasteiger partial charge on any atom is 0.260 e. The van der Waals surface area contributed by atoms with Crippen LogP contribution in [0.3, 0.4) is 0 Å². The van der Waals surface area contributed by atoms with Crippen LogP contribution in [0.2, 0.25) is 0 Å². The summed E-state index contributed by atoms with van der Waals surface area (Å²) in [6.07, 6.45) is 2.79. The highest BCUT2D eigenvalue weighted by Crippen LogP contribution is 2.26. The predicted molar refractivity (Wildman–Crippen MR) is 111 cm³/mol. The van der Waals surface area contributed by atoms with E-state index in [0.717, 1.165) is 42.8 Å². The molecule has 2 aromatic carbocycles. The van der Waals surface area contributed by atoms with Gasteiger partial charge in [0.2, 0.25) is 0 Å². The highest BCUT2D eigenvalue weighted by atomic mass is 16.5. The number of para-hydroxylation sites is 1. The quantitative estimate of drug-likeness (QED) is 0.752. The molecule has 1 atom stereocenters. The van der Waals surface area contributed by atoms with Gasteiger partial charge < -0.3 is 15.0 Å². The average molecular weight is 367 g/mol. The number of nitrogens with one attached hydrogen (secondary N) is 1. The van der Waals surface area contributed by atoms with Gasteiger partial charge >= 0.3 is 0 Å². The van der Waals surface area contributed by atoms with Crippen LogP contribution in [-0.4, -0.2) is 31.6 Å². The third-order valence-corrected chi connectivity index (χ3v) is 4.99. The Bertz CT molecular complexity index is 767. The second-order valence-electron chi connectivity index (χ2n) is 7.45. The van der Waals surface area contributed by atoms with Crippen molar-refractivity contribution in [2.24, 2.45) is 0 Å². The van der Waals surface area contributed by atoms with E-state index in [2.05, 4.69) is 40.5 Å². The lowest BCUT2D eigenvalue weighted by Gasteiger charge is -2.31. The molecule has 27 heavy (non-hydrogen) atoms. The number of ether oxygens (including phenoxy) is 1. The molecule has 0 saturated carbocycles. The molecule has 1 aliphatic rings. The maximum atomic E-state index is 12.3. The van der Waals surface area contributed by atoms with E-state index in [-0.39, 0.29) is 5.91 Å². The summed E-state index contributed by atoms with van der Waals surface area (Å²) < 4.78 is 5.81. The van der Waals surface area contributed by atoms with E-state index >= 15 is 0 Å². The van der Waals surface area contributed by atoms with Gasteiger partial charge in [-0.1, -0.05) is 24.3 Å². The van der Waals surface area contributed by atoms with Gasteiger partial charge in [-0.2, -0.15) is 0 Å². The Labute approximate surface area is 162 Å². The number of fused-ring (bicyclic) bond motifs is 1. The van der Waals surface area contributed by atoms with Crippen LogP contribution in [0.1, 0.15) is 36.5 Å². The molecule has 0 aromatic heterocycles. The van der Waals surface area contributed by atoms with Crippen LogP contribution in [0.4, 0.5) is 5.69 Å². The van der Waals surface area contributed by atoms with Gasteiger partial charge in [0, 0.05) is 25.3 Å². The van der Waals surface area contributed by atoms with E-state index in [0.29, 0.717) is 6.54 Å². The number of carbonyl (C=O) groups excluding carboxylic acids is 1. The third-order valence-electron chi connectivity index (χ3n) is 4.99. The molecule has 0 bridgehead atoms. The highest BCUT2D eigenvalue weighted by molar-refractivity contribution is 5.80. The number of nitrogens with zero attached hydrogens (tertiary/aromatic N) is 1. The molecule has 0 saturated heterocycles. The molecule has 3 rings (SSSR count). The smallest absolute Gasteiger partial charge is 0.260 e. The zero-order chi connectivity index (χ0) is 19.2. The fraction of sp³-hybridized carbons (Fsp3) is 0.435. The summed E-state index contributed by atoms with van der Waals surface area (Å²) in [6.45, 7) is 8.58. The Morgan fingerprint density at radius 2 is 1.93 bits per heavy atom. The lowest BCUT2D eigenvalue weighted by Crippen LogP contribution is -2.38. The summed E-state index contributed by atoms with van der Waals surface area (Å²) in [5, 5.41) is 3.00. The molecular weight excluding hydrogens is 336 g/mol. The minimum atomic E-state index is -0.498. The normalized spacial score (nSPS) is 14.4. The Morgan fingerprint density at radius 3 is 2.70 bits per heavy atom. The highest BCUT2D eigenvalue weighted by Gasteiger charge is 2.17. The number of aryl methyl sites for hydroxylation is 3. The first kappa shape index (κ1) is 19.3. The van der Waals surface area contributed by atoms with Crippen molar-refractivity contribution in [3.63, 3.8) is 0 Å². The van der Waals surface area contributed by atoms with Crippen LogP contribution >= 0.6 is 0 Å². The third kappa shape index (κ3) is 5.25. The van der Waals surface area contributed by atoms with Crippen LogP contribution < -0.4 is 15.0 Å². The summed E-state index contributed by atoms with van der Waals surface area (Å²) in [5.41, 5.74) is 5.06. The molecule has 1 heterocycles. The van der Waals surface area contributed by atoms with E-state index < -0.39 is 6.10 Å². The summed E-state index contributed by atoms with van der Waals surface area (Å²) >= 11 is 0. The van der Waals surface area contributed by atoms with E-state index in [1.807, 2.05) is 26.0 Å². The van der Waals surface area contributed by atoms with Gasteiger partial charge in [-0.05, 0) is 74.9 Å². The van der Waals surface area contributed by atoms with Crippen molar-refractivity contribution >= 4 is 11.6 Å². The fourth-order valence-corrected chi connectivity index (χ4v) is 3.73. The Hall–Kier alpha value is -2.49. The summed E-state index contributed by atoms with van der Waals surface area (Å²) in [5.74, 6) is 0.688. The van der Waals surface area contributed by atoms with Crippen molar-refractivity contribution in [3.8, 4) is 5.75 Å². The van der Waals surface area contributed by atoms with Crippen molar-refractivity contribution in [1.82, 2.24) is 5.32 Å². The minimum Gasteiger partial charge on any atom is -0.481 e. The maximum absolute atomic E-state index is 12.3. The zero-order valence-electron chi connectivity index (χ0n) is 16.6. The van der Waals surface area contributed by atoms with E-state index in [1.165, 1.54) is 17.7 Å². The van der Waals surface area contributed by atoms with Gasteiger partial charge in [0.15, 0.2) is 6.10 Å². The number of anilines is 1. The summed E-state index contributed by atoms with van der Waals surface area (Å²) in [6, 6.07) is 14.7. The first-order chi connectivity index (χ1) is 13.0. The molecule has 0 radical (unpaired) electrons. The number of amides is 1. The van der Waals surface area contributed by atoms with Crippen molar-refractivity contribution in [1.29, 1.82) is 0 Å². The Balaban J connectivity index is 1.43. The number of rotatable bonds is 7. The van der Waals surface area contributed by atoms with E-state index in [1.54, 1.807) is 6.92 Å². The van der Waals surface area contributed by atoms with Crippen LogP contribution in [-0.2, 0) is 11.2 Å². The lowest BCUT2D eigenvalue weighted by molar-refractivity contribution is -0.127. The van der Waals surface area contributed by atoms with E-state index in [9.17, 15) is 4.79 Å². The second kappa shape index (κ2) is 8.94. The summed E-state index contributed by atoms with van der Waals surface area (Å²) in [7, 11) is 0. The van der Waals surface area contributed by atoms with Gasteiger partial charge in [0.05, 0.1) is 0 Å². The number of hydrogen-bond donors (Lipinski definition) is 1. The van der Waals surface area contributed by atoms with Gasteiger partial charge in [-0.3, -0.25) is 4.79 Å². The first-order valence-electron chi connectivity index (χ1n) is 9.88. The number of carbonyl (C=O) groups is 1. The second-order valence-corrected chi connectivity index (χ2v) is 7.45. The van der Waals surface area contributed by atoms with Gasteiger partial charge in [-0.15, -0.1) is 0 Å². The molecule has 1 aliphatic heterocycles. The monoisotopic (exact) mass is 366 g/mol. The van der Waals surface area contributed by atoms with Crippen molar-refractivity contribution in [2.45, 2.75) is 46.1 Å². The topological polar surface area (TPSA) is 41.6 Å². The summed E-state index contributed by atoms with van der Waals surface area (Å²) in [4.78, 5) is 14.7. The molecule has 4 nitrogen and oxygen atoms in total. The lowest BCUT2D eigenvalue weighted by atomic mass is 10.0. The zero-order valence-corrected chi connectivity index (χ0v) is 16.6. The molecule has 4 heteroatoms. The molecular formula is C23H30N2O2. The molecule has 1 N–H and O–H groups in total. The predicted octanol–water partition coefficient (Wildman–Crippen LogP) is 4.03. The van der Waals surface area contributed by atoms with Gasteiger partial charge in [-0.25, -0.2) is 0 Å². The van der Waals surface area contributed by atoms with Crippen LogP contribution in [0.25, 0.3) is 0 Å². The van der Waals surface area contributed by atoms with Crippen molar-refractivity contribution in [3.05, 3.63) is 59.2 Å². The molecule has 1 amide bonds. The standard InChI is InChI=1S/C23H30N2O2/c1-17-14-18(2)16-21(15-17)27-19(3)23(26)24-11-7-13-25-12-6-9-20-8-4-5-10-22(20)25/h4-5,8,10,14-16,19H,6-7,9,11-13H2,1-3H3,(H,24,26)/t19-/m1/s1. The number of hydrogen-bond acceptors (Lipinski definition) is 3. The van der Waals surface area contributed by atoms with Crippen LogP contribution in [0.15, 0.2) is 42.5 Å². The molecule has 0 spiro atoms. The Morgan fingerprint density at radius 1 is 1.19 bits per heavy atom.